The molecule has 0 aromatic heterocycles. The quantitative estimate of drug-likeness (QED) is 0.639. The van der Waals surface area contributed by atoms with Crippen LogP contribution in [0.5, 0.6) is 0 Å². The second-order valence-electron chi connectivity index (χ2n) is 6.13. The summed E-state index contributed by atoms with van der Waals surface area (Å²) >= 11 is 0. The van der Waals surface area contributed by atoms with E-state index in [4.69, 9.17) is 4.74 Å². The molecule has 0 saturated heterocycles. The molecule has 4 atom stereocenters. The van der Waals surface area contributed by atoms with Gasteiger partial charge in [0.25, 0.3) is 0 Å². The maximum Gasteiger partial charge on any atom is 0.338 e. The van der Waals surface area contributed by atoms with E-state index < -0.39 is 23.8 Å². The Bertz CT molecular complexity index is 694. The van der Waals surface area contributed by atoms with Crippen molar-refractivity contribution in [1.82, 2.24) is 0 Å². The lowest BCUT2D eigenvalue weighted by molar-refractivity contribution is -0.146. The molecule has 0 heterocycles. The van der Waals surface area contributed by atoms with Gasteiger partial charge >= 0.3 is 11.9 Å². The van der Waals surface area contributed by atoms with Crippen molar-refractivity contribution in [2.45, 2.75) is 13.3 Å². The van der Waals surface area contributed by atoms with Gasteiger partial charge in [-0.1, -0.05) is 12.2 Å². The molecule has 126 valence electrons. The molecule has 6 heteroatoms. The number of benzene rings is 1. The van der Waals surface area contributed by atoms with Gasteiger partial charge in [-0.05, 0) is 49.4 Å². The fraction of sp³-hybridized carbons (Fsp3) is 0.389. The van der Waals surface area contributed by atoms with Crippen LogP contribution < -0.4 is 5.32 Å². The minimum atomic E-state index is -0.926. The summed E-state index contributed by atoms with van der Waals surface area (Å²) in [5.74, 6) is -2.93. The zero-order chi connectivity index (χ0) is 17.3. The van der Waals surface area contributed by atoms with Crippen LogP contribution >= 0.6 is 0 Å². The highest BCUT2D eigenvalue weighted by Gasteiger charge is 2.51. The molecule has 1 fully saturated rings. The molecule has 0 radical (unpaired) electrons. The number of nitrogens with one attached hydrogen (secondary N) is 1. The summed E-state index contributed by atoms with van der Waals surface area (Å²) in [6, 6.07) is 6.37. The summed E-state index contributed by atoms with van der Waals surface area (Å²) < 4.78 is 4.90. The molecule has 1 amide bonds. The lowest BCUT2D eigenvalue weighted by atomic mass is 9.82. The lowest BCUT2D eigenvalue weighted by Crippen LogP contribution is -2.36. The fourth-order valence-corrected chi connectivity index (χ4v) is 3.65. The van der Waals surface area contributed by atoms with E-state index in [0.717, 1.165) is 6.42 Å². The Kier molecular flexibility index (Phi) is 4.38. The molecular formula is C18H19NO5. The largest absolute Gasteiger partial charge is 0.481 e. The van der Waals surface area contributed by atoms with Gasteiger partial charge < -0.3 is 15.2 Å². The van der Waals surface area contributed by atoms with Crippen molar-refractivity contribution in [3.05, 3.63) is 42.0 Å². The summed E-state index contributed by atoms with van der Waals surface area (Å²) in [7, 11) is 0. The second-order valence-corrected chi connectivity index (χ2v) is 6.13. The first-order valence-corrected chi connectivity index (χ1v) is 8.00. The average molecular weight is 329 g/mol. The Balaban J connectivity index is 1.70. The molecule has 1 aromatic rings. The SMILES string of the molecule is CCOC(=O)c1ccc(NC(=O)[C@H]2[C@@H](C(=O)O)[C@H]3C=C[C@@H]2C3)cc1. The van der Waals surface area contributed by atoms with E-state index in [-0.39, 0.29) is 17.7 Å². The van der Waals surface area contributed by atoms with Crippen molar-refractivity contribution < 1.29 is 24.2 Å². The van der Waals surface area contributed by atoms with E-state index in [1.54, 1.807) is 31.2 Å². The highest BCUT2D eigenvalue weighted by atomic mass is 16.5. The Labute approximate surface area is 139 Å². The lowest BCUT2D eigenvalue weighted by Gasteiger charge is -2.23. The number of fused-ring (bicyclic) bond motifs is 2. The zero-order valence-electron chi connectivity index (χ0n) is 13.3. The number of anilines is 1. The predicted molar refractivity (Wildman–Crippen MR) is 86.4 cm³/mol. The highest BCUT2D eigenvalue weighted by molar-refractivity contribution is 5.97. The molecule has 24 heavy (non-hydrogen) atoms. The van der Waals surface area contributed by atoms with Gasteiger partial charge in [0, 0.05) is 5.69 Å². The van der Waals surface area contributed by atoms with Crippen molar-refractivity contribution in [2.75, 3.05) is 11.9 Å². The summed E-state index contributed by atoms with van der Waals surface area (Å²) in [4.78, 5) is 35.6. The number of esters is 1. The molecule has 2 aliphatic rings. The Morgan fingerprint density at radius 2 is 1.75 bits per heavy atom. The molecule has 6 nitrogen and oxygen atoms in total. The third-order valence-corrected chi connectivity index (χ3v) is 4.71. The number of aliphatic carboxylic acids is 1. The average Bonchev–Trinajstić information content (AvgIpc) is 3.16. The normalized spacial score (nSPS) is 27.0. The summed E-state index contributed by atoms with van der Waals surface area (Å²) in [5, 5.41) is 12.2. The van der Waals surface area contributed by atoms with Crippen molar-refractivity contribution >= 4 is 23.5 Å². The van der Waals surface area contributed by atoms with Crippen LogP contribution in [0, 0.1) is 23.7 Å². The number of amides is 1. The standard InChI is InChI=1S/C18H19NO5/c1-2-24-18(23)10-5-7-13(8-6-10)19-16(20)14-11-3-4-12(9-11)15(14)17(21)22/h3-8,11-12,14-15H,2,9H2,1H3,(H,19,20)(H,21,22)/t11-,12+,14-,15+/m1/s1. The van der Waals surface area contributed by atoms with Crippen LogP contribution in [0.2, 0.25) is 0 Å². The first-order valence-electron chi connectivity index (χ1n) is 8.00. The number of carbonyl (C=O) groups is 3. The van der Waals surface area contributed by atoms with Gasteiger partial charge in [-0.2, -0.15) is 0 Å². The summed E-state index contributed by atoms with van der Waals surface area (Å²) in [5.41, 5.74) is 0.935. The smallest absolute Gasteiger partial charge is 0.338 e. The molecule has 2 N–H and O–H groups in total. The number of carbonyl (C=O) groups excluding carboxylic acids is 2. The molecule has 1 saturated carbocycles. The van der Waals surface area contributed by atoms with Gasteiger partial charge in [-0.15, -0.1) is 0 Å². The maximum absolute atomic E-state index is 12.5. The molecule has 0 aliphatic heterocycles. The number of carboxylic acid groups (broad SMARTS) is 1. The number of hydrogen-bond acceptors (Lipinski definition) is 4. The van der Waals surface area contributed by atoms with Gasteiger partial charge in [0.05, 0.1) is 24.0 Å². The first-order chi connectivity index (χ1) is 11.5. The third-order valence-electron chi connectivity index (χ3n) is 4.71. The minimum Gasteiger partial charge on any atom is -0.481 e. The Morgan fingerprint density at radius 3 is 2.33 bits per heavy atom. The number of rotatable bonds is 5. The first kappa shape index (κ1) is 16.2. The highest BCUT2D eigenvalue weighted by Crippen LogP contribution is 2.48. The number of allylic oxidation sites excluding steroid dienone is 2. The van der Waals surface area contributed by atoms with Crippen LogP contribution in [-0.2, 0) is 14.3 Å². The van der Waals surface area contributed by atoms with Crippen LogP contribution in [0.25, 0.3) is 0 Å². The number of carboxylic acids is 1. The van der Waals surface area contributed by atoms with Crippen LogP contribution in [0.1, 0.15) is 23.7 Å². The predicted octanol–water partition coefficient (Wildman–Crippen LogP) is 2.32. The molecule has 2 aliphatic carbocycles. The number of ether oxygens (including phenoxy) is 1. The van der Waals surface area contributed by atoms with Crippen molar-refractivity contribution in [3.8, 4) is 0 Å². The Morgan fingerprint density at radius 1 is 1.12 bits per heavy atom. The van der Waals surface area contributed by atoms with Crippen LogP contribution in [0.4, 0.5) is 5.69 Å². The van der Waals surface area contributed by atoms with Gasteiger partial charge in [-0.3, -0.25) is 9.59 Å². The summed E-state index contributed by atoms with van der Waals surface area (Å²) in [6.45, 7) is 2.03. The van der Waals surface area contributed by atoms with Gasteiger partial charge in [0.2, 0.25) is 5.91 Å². The maximum atomic E-state index is 12.5. The molecule has 0 spiro atoms. The van der Waals surface area contributed by atoms with Crippen LogP contribution in [0.3, 0.4) is 0 Å². The van der Waals surface area contributed by atoms with Gasteiger partial charge in [-0.25, -0.2) is 4.79 Å². The van der Waals surface area contributed by atoms with Crippen molar-refractivity contribution in [2.24, 2.45) is 23.7 Å². The van der Waals surface area contributed by atoms with E-state index in [9.17, 15) is 19.5 Å². The van der Waals surface area contributed by atoms with E-state index in [1.807, 2.05) is 12.2 Å². The van der Waals surface area contributed by atoms with Crippen LogP contribution in [0.15, 0.2) is 36.4 Å². The van der Waals surface area contributed by atoms with E-state index in [2.05, 4.69) is 5.32 Å². The van der Waals surface area contributed by atoms with Gasteiger partial charge in [0.15, 0.2) is 0 Å². The Hall–Kier alpha value is -2.63. The van der Waals surface area contributed by atoms with E-state index >= 15 is 0 Å². The fourth-order valence-electron chi connectivity index (χ4n) is 3.65. The monoisotopic (exact) mass is 329 g/mol. The topological polar surface area (TPSA) is 92.7 Å². The van der Waals surface area contributed by atoms with E-state index in [1.165, 1.54) is 0 Å². The molecule has 0 unspecified atom stereocenters. The van der Waals surface area contributed by atoms with E-state index in [0.29, 0.717) is 17.9 Å². The molecular weight excluding hydrogens is 310 g/mol. The summed E-state index contributed by atoms with van der Waals surface area (Å²) in [6.07, 6.45) is 4.57. The molecule has 2 bridgehead atoms. The van der Waals surface area contributed by atoms with Crippen molar-refractivity contribution in [1.29, 1.82) is 0 Å². The van der Waals surface area contributed by atoms with Crippen molar-refractivity contribution in [3.63, 3.8) is 0 Å². The molecule has 3 rings (SSSR count). The zero-order valence-corrected chi connectivity index (χ0v) is 13.3. The van der Waals surface area contributed by atoms with Crippen LogP contribution in [-0.4, -0.2) is 29.6 Å². The molecule has 1 aromatic carbocycles. The minimum absolute atomic E-state index is 0.0186. The number of hydrogen-bond donors (Lipinski definition) is 2. The van der Waals surface area contributed by atoms with Gasteiger partial charge in [0.1, 0.15) is 0 Å². The second kappa shape index (κ2) is 6.47. The third kappa shape index (κ3) is 2.91.